The van der Waals surface area contributed by atoms with E-state index in [4.69, 9.17) is 9.47 Å². The molecule has 0 amide bonds. The van der Waals surface area contributed by atoms with Crippen LogP contribution in [0, 0.1) is 0 Å². The van der Waals surface area contributed by atoms with Crippen LogP contribution in [0.2, 0.25) is 25.2 Å². The molecule has 0 radical (unpaired) electrons. The van der Waals surface area contributed by atoms with Crippen LogP contribution in [0.1, 0.15) is 38.5 Å². The van der Waals surface area contributed by atoms with Crippen molar-refractivity contribution >= 4 is 8.07 Å². The average Bonchev–Trinajstić information content (AvgIpc) is 2.37. The van der Waals surface area contributed by atoms with Crippen molar-refractivity contribution in [2.45, 2.75) is 76.2 Å². The predicted octanol–water partition coefficient (Wildman–Crippen LogP) is 4.97. The van der Waals surface area contributed by atoms with Crippen LogP contribution in [-0.4, -0.2) is 33.8 Å². The molecule has 0 aliphatic carbocycles. The zero-order chi connectivity index (χ0) is 15.1. The van der Waals surface area contributed by atoms with E-state index in [1.807, 2.05) is 13.1 Å². The third-order valence-corrected chi connectivity index (χ3v) is 7.09. The van der Waals surface area contributed by atoms with Crippen molar-refractivity contribution in [1.82, 2.24) is 0 Å². The molecule has 6 heteroatoms. The fourth-order valence-corrected chi connectivity index (χ4v) is 4.79. The number of halogens is 3. The van der Waals surface area contributed by atoms with Crippen molar-refractivity contribution < 1.29 is 22.6 Å². The zero-order valence-corrected chi connectivity index (χ0v) is 13.6. The lowest BCUT2D eigenvalue weighted by atomic mass is 10.2. The highest BCUT2D eigenvalue weighted by Gasteiger charge is 2.31. The van der Waals surface area contributed by atoms with Crippen molar-refractivity contribution in [2.24, 2.45) is 0 Å². The molecule has 120 valence electrons. The van der Waals surface area contributed by atoms with Gasteiger partial charge in [0, 0.05) is 27.7 Å². The summed E-state index contributed by atoms with van der Waals surface area (Å²) in [7, 11) is -1.71. The van der Waals surface area contributed by atoms with E-state index in [9.17, 15) is 13.2 Å². The lowest BCUT2D eigenvalue weighted by Crippen LogP contribution is -2.27. The summed E-state index contributed by atoms with van der Waals surface area (Å²) in [6.07, 6.45) is 0.419. The molecule has 0 bridgehead atoms. The summed E-state index contributed by atoms with van der Waals surface area (Å²) in [4.78, 5) is 0. The summed E-state index contributed by atoms with van der Waals surface area (Å²) in [6, 6.07) is 1.28. The maximum atomic E-state index is 12.2. The molecular weight excluding hydrogens is 285 g/mol. The molecule has 0 aromatic carbocycles. The first-order chi connectivity index (χ1) is 9.29. The first-order valence-electron chi connectivity index (χ1n) is 7.58. The van der Waals surface area contributed by atoms with E-state index in [1.54, 1.807) is 0 Å². The number of hydrogen-bond donors (Lipinski definition) is 0. The molecule has 0 saturated carbocycles. The monoisotopic (exact) mass is 312 g/mol. The van der Waals surface area contributed by atoms with E-state index in [-0.39, 0.29) is 6.29 Å². The Morgan fingerprint density at radius 1 is 1.15 bits per heavy atom. The van der Waals surface area contributed by atoms with Crippen LogP contribution in [0.25, 0.3) is 0 Å². The minimum Gasteiger partial charge on any atom is -0.353 e. The van der Waals surface area contributed by atoms with Crippen LogP contribution in [0.4, 0.5) is 13.2 Å². The highest BCUT2D eigenvalue weighted by atomic mass is 28.3. The van der Waals surface area contributed by atoms with Gasteiger partial charge in [-0.25, -0.2) is 0 Å². The molecule has 0 aromatic rings. The first-order valence-corrected chi connectivity index (χ1v) is 11.0. The molecule has 1 saturated heterocycles. The third kappa shape index (κ3) is 8.97. The van der Waals surface area contributed by atoms with Gasteiger partial charge in [-0.1, -0.05) is 25.6 Å². The number of rotatable bonds is 8. The van der Waals surface area contributed by atoms with Crippen LogP contribution in [0.3, 0.4) is 0 Å². The van der Waals surface area contributed by atoms with Crippen LogP contribution in [0.5, 0.6) is 0 Å². The van der Waals surface area contributed by atoms with Crippen molar-refractivity contribution in [3.63, 3.8) is 0 Å². The number of hydrogen-bond acceptors (Lipinski definition) is 2. The van der Waals surface area contributed by atoms with Crippen molar-refractivity contribution in [2.75, 3.05) is 13.2 Å². The van der Waals surface area contributed by atoms with Gasteiger partial charge in [-0.15, -0.1) is 0 Å². The molecule has 20 heavy (non-hydrogen) atoms. The van der Waals surface area contributed by atoms with Crippen LogP contribution < -0.4 is 0 Å². The molecule has 0 N–H and O–H groups in total. The van der Waals surface area contributed by atoms with Crippen LogP contribution >= 0.6 is 0 Å². The fourth-order valence-electron chi connectivity index (χ4n) is 2.37. The number of unbranched alkanes of at least 4 members (excludes halogenated alkanes) is 1. The van der Waals surface area contributed by atoms with E-state index < -0.39 is 20.7 Å². The van der Waals surface area contributed by atoms with Gasteiger partial charge in [-0.05, 0) is 31.7 Å². The van der Waals surface area contributed by atoms with Gasteiger partial charge in [0.15, 0.2) is 6.29 Å². The van der Waals surface area contributed by atoms with Crippen LogP contribution in [-0.2, 0) is 9.47 Å². The lowest BCUT2D eigenvalue weighted by molar-refractivity contribution is -0.162. The Morgan fingerprint density at radius 3 is 2.50 bits per heavy atom. The van der Waals surface area contributed by atoms with E-state index >= 15 is 0 Å². The fraction of sp³-hybridized carbons (Fsp3) is 1.00. The van der Waals surface area contributed by atoms with Gasteiger partial charge in [0.25, 0.3) is 0 Å². The molecular formula is C14H27F3O2Si. The Labute approximate surface area is 121 Å². The molecule has 1 atom stereocenters. The van der Waals surface area contributed by atoms with Gasteiger partial charge in [0.1, 0.15) is 0 Å². The lowest BCUT2D eigenvalue weighted by Gasteiger charge is -2.24. The highest BCUT2D eigenvalue weighted by molar-refractivity contribution is 6.77. The standard InChI is InChI=1S/C14H27F3O2Si/c1-20(2,12-8-14(15,16)17)11-6-5-10-19-13-7-3-4-9-18-13/h13H,3-12H2,1-2H3. The molecule has 2 nitrogen and oxygen atoms in total. The third-order valence-electron chi connectivity index (χ3n) is 3.77. The summed E-state index contributed by atoms with van der Waals surface area (Å²) in [5.41, 5.74) is 0. The Morgan fingerprint density at radius 2 is 1.90 bits per heavy atom. The second-order valence-electron chi connectivity index (χ2n) is 6.40. The molecule has 1 fully saturated rings. The molecule has 1 unspecified atom stereocenters. The quantitative estimate of drug-likeness (QED) is 0.465. The Hall–Kier alpha value is -0.0731. The average molecular weight is 312 g/mol. The van der Waals surface area contributed by atoms with Gasteiger partial charge < -0.3 is 9.47 Å². The normalized spacial score (nSPS) is 21.1. The van der Waals surface area contributed by atoms with Gasteiger partial charge in [-0.3, -0.25) is 0 Å². The van der Waals surface area contributed by atoms with Gasteiger partial charge in [-0.2, -0.15) is 13.2 Å². The SMILES string of the molecule is C[Si](C)(CCCCOC1CCCCO1)CCC(F)(F)F. The Kier molecular flexibility index (Phi) is 7.54. The van der Waals surface area contributed by atoms with E-state index in [0.29, 0.717) is 12.7 Å². The largest absolute Gasteiger partial charge is 0.388 e. The van der Waals surface area contributed by atoms with Crippen LogP contribution in [0.15, 0.2) is 0 Å². The summed E-state index contributed by atoms with van der Waals surface area (Å²) in [6.45, 7) is 5.53. The maximum absolute atomic E-state index is 12.2. The second kappa shape index (κ2) is 8.39. The predicted molar refractivity (Wildman–Crippen MR) is 76.5 cm³/mol. The second-order valence-corrected chi connectivity index (χ2v) is 11.7. The summed E-state index contributed by atoms with van der Waals surface area (Å²) in [5.74, 6) is 0. The minimum absolute atomic E-state index is 0.0563. The van der Waals surface area contributed by atoms with Crippen molar-refractivity contribution in [1.29, 1.82) is 0 Å². The minimum atomic E-state index is -4.01. The summed E-state index contributed by atoms with van der Waals surface area (Å²) < 4.78 is 47.8. The van der Waals surface area contributed by atoms with Crippen molar-refractivity contribution in [3.05, 3.63) is 0 Å². The zero-order valence-electron chi connectivity index (χ0n) is 12.6. The van der Waals surface area contributed by atoms with Gasteiger partial charge >= 0.3 is 6.18 Å². The van der Waals surface area contributed by atoms with E-state index in [0.717, 1.165) is 44.8 Å². The number of ether oxygens (including phenoxy) is 2. The van der Waals surface area contributed by atoms with E-state index in [2.05, 4.69) is 0 Å². The van der Waals surface area contributed by atoms with Gasteiger partial charge in [0.05, 0.1) is 0 Å². The summed E-state index contributed by atoms with van der Waals surface area (Å²) >= 11 is 0. The highest BCUT2D eigenvalue weighted by Crippen LogP contribution is 2.29. The first kappa shape index (κ1) is 18.0. The van der Waals surface area contributed by atoms with E-state index in [1.165, 1.54) is 0 Å². The van der Waals surface area contributed by atoms with Crippen molar-refractivity contribution in [3.8, 4) is 0 Å². The molecule has 0 aromatic heterocycles. The topological polar surface area (TPSA) is 18.5 Å². The summed E-state index contributed by atoms with van der Waals surface area (Å²) in [5, 5.41) is 0. The molecule has 1 rings (SSSR count). The Balaban J connectivity index is 2.04. The Bertz CT molecular complexity index is 264. The maximum Gasteiger partial charge on any atom is 0.388 e. The smallest absolute Gasteiger partial charge is 0.353 e. The molecule has 1 aliphatic rings. The molecule has 1 aliphatic heterocycles. The number of alkyl halides is 3. The molecule has 0 spiro atoms. The molecule has 1 heterocycles. The van der Waals surface area contributed by atoms with Gasteiger partial charge in [0.2, 0.25) is 0 Å².